The number of anilines is 1. The standard InChI is InChI=1S/C17H17ClN2O/c1-11-7-13(9-14(18)8-11)17(21)20-16-4-2-3-12-10-19-6-5-15(12)16/h2-4,7-9,19H,5-6,10H2,1H3,(H,20,21). The van der Waals surface area contributed by atoms with Crippen LogP contribution in [0.4, 0.5) is 5.69 Å². The average molecular weight is 301 g/mol. The van der Waals surface area contributed by atoms with Crippen LogP contribution in [-0.2, 0) is 13.0 Å². The van der Waals surface area contributed by atoms with Crippen molar-refractivity contribution in [1.29, 1.82) is 0 Å². The highest BCUT2D eigenvalue weighted by Crippen LogP contribution is 2.24. The largest absolute Gasteiger partial charge is 0.322 e. The van der Waals surface area contributed by atoms with Crippen LogP contribution in [0, 0.1) is 6.92 Å². The molecular formula is C17H17ClN2O. The summed E-state index contributed by atoms with van der Waals surface area (Å²) in [4.78, 5) is 12.4. The molecule has 1 heterocycles. The van der Waals surface area contributed by atoms with E-state index < -0.39 is 0 Å². The molecule has 4 heteroatoms. The first-order valence-corrected chi connectivity index (χ1v) is 7.41. The topological polar surface area (TPSA) is 41.1 Å². The fraction of sp³-hybridized carbons (Fsp3) is 0.235. The number of amides is 1. The molecule has 0 aromatic heterocycles. The summed E-state index contributed by atoms with van der Waals surface area (Å²) in [5.41, 5.74) is 4.94. The normalized spacial score (nSPS) is 13.6. The van der Waals surface area contributed by atoms with Gasteiger partial charge in [0, 0.05) is 22.8 Å². The van der Waals surface area contributed by atoms with Crippen LogP contribution in [0.15, 0.2) is 36.4 Å². The van der Waals surface area contributed by atoms with Gasteiger partial charge in [-0.1, -0.05) is 23.7 Å². The minimum Gasteiger partial charge on any atom is -0.322 e. The fourth-order valence-electron chi connectivity index (χ4n) is 2.71. The summed E-state index contributed by atoms with van der Waals surface area (Å²) < 4.78 is 0. The second-order valence-electron chi connectivity index (χ2n) is 5.34. The van der Waals surface area contributed by atoms with Gasteiger partial charge in [-0.2, -0.15) is 0 Å². The van der Waals surface area contributed by atoms with E-state index in [1.165, 1.54) is 11.1 Å². The van der Waals surface area contributed by atoms with Crippen molar-refractivity contribution in [2.24, 2.45) is 0 Å². The molecule has 0 saturated carbocycles. The predicted molar refractivity (Wildman–Crippen MR) is 86.0 cm³/mol. The third-order valence-electron chi connectivity index (χ3n) is 3.69. The number of benzene rings is 2. The summed E-state index contributed by atoms with van der Waals surface area (Å²) in [6.07, 6.45) is 0.931. The van der Waals surface area contributed by atoms with E-state index in [1.807, 2.05) is 31.2 Å². The van der Waals surface area contributed by atoms with E-state index in [0.717, 1.165) is 30.8 Å². The molecule has 0 radical (unpaired) electrons. The number of aryl methyl sites for hydroxylation is 1. The maximum atomic E-state index is 12.4. The van der Waals surface area contributed by atoms with Crippen LogP contribution < -0.4 is 10.6 Å². The Morgan fingerprint density at radius 1 is 1.29 bits per heavy atom. The Balaban J connectivity index is 1.88. The van der Waals surface area contributed by atoms with Crippen molar-refractivity contribution in [3.63, 3.8) is 0 Å². The Kier molecular flexibility index (Phi) is 3.95. The molecule has 2 N–H and O–H groups in total. The zero-order valence-corrected chi connectivity index (χ0v) is 12.6. The molecule has 3 nitrogen and oxygen atoms in total. The maximum absolute atomic E-state index is 12.4. The van der Waals surface area contributed by atoms with E-state index >= 15 is 0 Å². The molecule has 0 saturated heterocycles. The molecule has 0 atom stereocenters. The van der Waals surface area contributed by atoms with E-state index in [-0.39, 0.29) is 5.91 Å². The van der Waals surface area contributed by atoms with Crippen LogP contribution in [-0.4, -0.2) is 12.5 Å². The van der Waals surface area contributed by atoms with Crippen molar-refractivity contribution >= 4 is 23.2 Å². The van der Waals surface area contributed by atoms with E-state index in [4.69, 9.17) is 11.6 Å². The predicted octanol–water partition coefficient (Wildman–Crippen LogP) is 3.55. The van der Waals surface area contributed by atoms with Gasteiger partial charge in [-0.3, -0.25) is 4.79 Å². The summed E-state index contributed by atoms with van der Waals surface area (Å²) in [7, 11) is 0. The Hall–Kier alpha value is -1.84. The molecule has 1 aliphatic heterocycles. The van der Waals surface area contributed by atoms with Crippen LogP contribution >= 0.6 is 11.6 Å². The Morgan fingerprint density at radius 3 is 2.95 bits per heavy atom. The molecule has 1 amide bonds. The minimum absolute atomic E-state index is 0.118. The van der Waals surface area contributed by atoms with Crippen molar-refractivity contribution in [3.05, 3.63) is 63.7 Å². The molecule has 1 aliphatic rings. The zero-order valence-electron chi connectivity index (χ0n) is 11.9. The van der Waals surface area contributed by atoms with E-state index in [9.17, 15) is 4.79 Å². The van der Waals surface area contributed by atoms with Crippen molar-refractivity contribution in [3.8, 4) is 0 Å². The molecule has 21 heavy (non-hydrogen) atoms. The van der Waals surface area contributed by atoms with E-state index in [0.29, 0.717) is 10.6 Å². The molecular weight excluding hydrogens is 284 g/mol. The SMILES string of the molecule is Cc1cc(Cl)cc(C(=O)Nc2cccc3c2CCNC3)c1. The van der Waals surface area contributed by atoms with Gasteiger partial charge in [-0.25, -0.2) is 0 Å². The molecule has 0 aliphatic carbocycles. The number of hydrogen-bond donors (Lipinski definition) is 2. The first-order valence-electron chi connectivity index (χ1n) is 7.03. The number of carbonyl (C=O) groups is 1. The minimum atomic E-state index is -0.118. The summed E-state index contributed by atoms with van der Waals surface area (Å²) in [5, 5.41) is 6.94. The summed E-state index contributed by atoms with van der Waals surface area (Å²) >= 11 is 6.02. The quantitative estimate of drug-likeness (QED) is 0.890. The van der Waals surface area contributed by atoms with Crippen molar-refractivity contribution in [2.45, 2.75) is 19.9 Å². The van der Waals surface area contributed by atoms with Crippen molar-refractivity contribution < 1.29 is 4.79 Å². The second kappa shape index (κ2) is 5.88. The van der Waals surface area contributed by atoms with E-state index in [1.54, 1.807) is 6.07 Å². The lowest BCUT2D eigenvalue weighted by atomic mass is 9.99. The van der Waals surface area contributed by atoms with Crippen LogP contribution in [0.25, 0.3) is 0 Å². The third-order valence-corrected chi connectivity index (χ3v) is 3.91. The molecule has 2 aromatic rings. The lowest BCUT2D eigenvalue weighted by molar-refractivity contribution is 0.102. The lowest BCUT2D eigenvalue weighted by Crippen LogP contribution is -2.25. The van der Waals surface area contributed by atoms with Gasteiger partial charge in [0.2, 0.25) is 0 Å². The Bertz CT molecular complexity index is 677. The number of rotatable bonds is 2. The van der Waals surface area contributed by atoms with Crippen LogP contribution in [0.1, 0.15) is 27.0 Å². The summed E-state index contributed by atoms with van der Waals surface area (Å²) in [6.45, 7) is 3.73. The van der Waals surface area contributed by atoms with Crippen molar-refractivity contribution in [1.82, 2.24) is 5.32 Å². The lowest BCUT2D eigenvalue weighted by Gasteiger charge is -2.20. The first-order chi connectivity index (χ1) is 10.1. The Morgan fingerprint density at radius 2 is 2.14 bits per heavy atom. The van der Waals surface area contributed by atoms with Gasteiger partial charge in [0.1, 0.15) is 0 Å². The molecule has 108 valence electrons. The average Bonchev–Trinajstić information content (AvgIpc) is 2.46. The van der Waals surface area contributed by atoms with E-state index in [2.05, 4.69) is 16.7 Å². The molecule has 0 unspecified atom stereocenters. The highest BCUT2D eigenvalue weighted by molar-refractivity contribution is 6.31. The number of nitrogens with one attached hydrogen (secondary N) is 2. The van der Waals surface area contributed by atoms with Crippen LogP contribution in [0.2, 0.25) is 5.02 Å². The number of fused-ring (bicyclic) bond motifs is 1. The highest BCUT2D eigenvalue weighted by atomic mass is 35.5. The molecule has 3 rings (SSSR count). The third kappa shape index (κ3) is 3.09. The molecule has 0 spiro atoms. The number of halogens is 1. The van der Waals surface area contributed by atoms with Crippen LogP contribution in [0.3, 0.4) is 0 Å². The number of carbonyl (C=O) groups excluding carboxylic acids is 1. The number of hydrogen-bond acceptors (Lipinski definition) is 2. The fourth-order valence-corrected chi connectivity index (χ4v) is 3.00. The first kappa shape index (κ1) is 14.1. The highest BCUT2D eigenvalue weighted by Gasteiger charge is 2.15. The molecule has 0 fully saturated rings. The van der Waals surface area contributed by atoms with Gasteiger partial charge < -0.3 is 10.6 Å². The smallest absolute Gasteiger partial charge is 0.255 e. The maximum Gasteiger partial charge on any atom is 0.255 e. The molecule has 0 bridgehead atoms. The summed E-state index contributed by atoms with van der Waals surface area (Å²) in [6, 6.07) is 11.4. The van der Waals surface area contributed by atoms with Crippen molar-refractivity contribution in [2.75, 3.05) is 11.9 Å². The van der Waals surface area contributed by atoms with Gasteiger partial charge in [-0.15, -0.1) is 0 Å². The molecule has 2 aromatic carbocycles. The van der Waals surface area contributed by atoms with Gasteiger partial charge in [0.05, 0.1) is 0 Å². The Labute approximate surface area is 129 Å². The summed E-state index contributed by atoms with van der Waals surface area (Å²) in [5.74, 6) is -0.118. The van der Waals surface area contributed by atoms with Gasteiger partial charge in [0.25, 0.3) is 5.91 Å². The van der Waals surface area contributed by atoms with Gasteiger partial charge in [-0.05, 0) is 60.8 Å². The second-order valence-corrected chi connectivity index (χ2v) is 5.78. The monoisotopic (exact) mass is 300 g/mol. The van der Waals surface area contributed by atoms with Gasteiger partial charge >= 0.3 is 0 Å². The van der Waals surface area contributed by atoms with Crippen LogP contribution in [0.5, 0.6) is 0 Å². The van der Waals surface area contributed by atoms with Gasteiger partial charge in [0.15, 0.2) is 0 Å². The zero-order chi connectivity index (χ0) is 14.8.